The standard InChI is InChI=1S/C26H36N2O6S/c1-20-18-23(33-4)19-21(2)25(20)35(31,32)27(3)15-17-34-16-10-24(29)28-13-11-26(30,12-14-28)22-8-6-5-7-9-22/h5-9,18-19,30H,10-17H2,1-4H3. The molecule has 1 heterocycles. The second-order valence-electron chi connectivity index (χ2n) is 9.06. The van der Waals surface area contributed by atoms with E-state index in [4.69, 9.17) is 9.47 Å². The van der Waals surface area contributed by atoms with Crippen molar-refractivity contribution in [2.75, 3.05) is 47.0 Å². The molecule has 192 valence electrons. The van der Waals surface area contributed by atoms with Gasteiger partial charge in [-0.1, -0.05) is 30.3 Å². The Balaban J connectivity index is 1.42. The molecule has 0 atom stereocenters. The van der Waals surface area contributed by atoms with Crippen LogP contribution in [0.15, 0.2) is 47.4 Å². The molecular weight excluding hydrogens is 468 g/mol. The molecular formula is C26H36N2O6S. The molecule has 2 aromatic carbocycles. The molecule has 0 radical (unpaired) electrons. The van der Waals surface area contributed by atoms with Gasteiger partial charge in [-0.3, -0.25) is 4.79 Å². The number of aryl methyl sites for hydroxylation is 2. The summed E-state index contributed by atoms with van der Waals surface area (Å²) >= 11 is 0. The zero-order valence-corrected chi connectivity index (χ0v) is 21.8. The molecule has 2 aromatic rings. The highest BCUT2D eigenvalue weighted by Crippen LogP contribution is 2.32. The van der Waals surface area contributed by atoms with Crippen molar-refractivity contribution in [2.24, 2.45) is 0 Å². The van der Waals surface area contributed by atoms with Crippen LogP contribution in [0.25, 0.3) is 0 Å². The minimum Gasteiger partial charge on any atom is -0.497 e. The summed E-state index contributed by atoms with van der Waals surface area (Å²) in [5.41, 5.74) is 1.24. The molecule has 1 amide bonds. The summed E-state index contributed by atoms with van der Waals surface area (Å²) in [5.74, 6) is 0.596. The van der Waals surface area contributed by atoms with Crippen molar-refractivity contribution in [1.82, 2.24) is 9.21 Å². The van der Waals surface area contributed by atoms with Crippen molar-refractivity contribution in [2.45, 2.75) is 43.6 Å². The highest BCUT2D eigenvalue weighted by atomic mass is 32.2. The summed E-state index contributed by atoms with van der Waals surface area (Å²) in [4.78, 5) is 14.6. The van der Waals surface area contributed by atoms with Crippen molar-refractivity contribution in [3.63, 3.8) is 0 Å². The van der Waals surface area contributed by atoms with Crippen molar-refractivity contribution >= 4 is 15.9 Å². The van der Waals surface area contributed by atoms with Gasteiger partial charge in [-0.2, -0.15) is 4.31 Å². The van der Waals surface area contributed by atoms with Gasteiger partial charge in [0.05, 0.1) is 37.2 Å². The lowest BCUT2D eigenvalue weighted by atomic mass is 9.84. The number of piperidine rings is 1. The number of likely N-dealkylation sites (N-methyl/N-ethyl adjacent to an activating group) is 1. The van der Waals surface area contributed by atoms with Crippen LogP contribution in [0.5, 0.6) is 5.75 Å². The molecule has 1 aliphatic heterocycles. The van der Waals surface area contributed by atoms with Gasteiger partial charge >= 0.3 is 0 Å². The Morgan fingerprint density at radius 2 is 1.69 bits per heavy atom. The maximum Gasteiger partial charge on any atom is 0.243 e. The summed E-state index contributed by atoms with van der Waals surface area (Å²) in [7, 11) is -0.611. The molecule has 0 bridgehead atoms. The number of likely N-dealkylation sites (tertiary alicyclic amines) is 1. The van der Waals surface area contributed by atoms with E-state index in [1.807, 2.05) is 30.3 Å². The summed E-state index contributed by atoms with van der Waals surface area (Å²) < 4.78 is 38.2. The van der Waals surface area contributed by atoms with E-state index in [1.54, 1.807) is 38.0 Å². The third kappa shape index (κ3) is 6.41. The van der Waals surface area contributed by atoms with Crippen molar-refractivity contribution in [3.05, 3.63) is 59.2 Å². The van der Waals surface area contributed by atoms with E-state index < -0.39 is 15.6 Å². The highest BCUT2D eigenvalue weighted by molar-refractivity contribution is 7.89. The van der Waals surface area contributed by atoms with E-state index in [0.29, 0.717) is 42.8 Å². The number of nitrogens with zero attached hydrogens (tertiary/aromatic N) is 2. The quantitative estimate of drug-likeness (QED) is 0.500. The lowest BCUT2D eigenvalue weighted by Crippen LogP contribution is -2.45. The number of hydrogen-bond acceptors (Lipinski definition) is 6. The first kappa shape index (κ1) is 27.1. The SMILES string of the molecule is COc1cc(C)c(S(=O)(=O)N(C)CCOCCC(=O)N2CCC(O)(c3ccccc3)CC2)c(C)c1. The number of sulfonamides is 1. The molecule has 0 unspecified atom stereocenters. The third-order valence-corrected chi connectivity index (χ3v) is 8.77. The van der Waals surface area contributed by atoms with Crippen LogP contribution >= 0.6 is 0 Å². The number of carbonyl (C=O) groups is 1. The smallest absolute Gasteiger partial charge is 0.243 e. The first-order chi connectivity index (χ1) is 16.6. The third-order valence-electron chi connectivity index (χ3n) is 6.60. The lowest BCUT2D eigenvalue weighted by molar-refractivity contribution is -0.136. The zero-order chi connectivity index (χ0) is 25.6. The van der Waals surface area contributed by atoms with Crippen LogP contribution in [0.3, 0.4) is 0 Å². The van der Waals surface area contributed by atoms with Gasteiger partial charge in [0.1, 0.15) is 5.75 Å². The molecule has 1 saturated heterocycles. The van der Waals surface area contributed by atoms with Gasteiger partial charge in [-0.15, -0.1) is 0 Å². The summed E-state index contributed by atoms with van der Waals surface area (Å²) in [6.07, 6.45) is 1.21. The fourth-order valence-corrected chi connectivity index (χ4v) is 6.05. The number of hydrogen-bond donors (Lipinski definition) is 1. The number of benzene rings is 2. The Morgan fingerprint density at radius 3 is 2.26 bits per heavy atom. The number of ether oxygens (including phenoxy) is 2. The summed E-state index contributed by atoms with van der Waals surface area (Å²) in [5, 5.41) is 10.9. The van der Waals surface area contributed by atoms with Crippen LogP contribution in [-0.4, -0.2) is 75.6 Å². The maximum absolute atomic E-state index is 13.1. The van der Waals surface area contributed by atoms with Gasteiger partial charge in [0.25, 0.3) is 0 Å². The van der Waals surface area contributed by atoms with Gasteiger partial charge < -0.3 is 19.5 Å². The molecule has 1 N–H and O–H groups in total. The van der Waals surface area contributed by atoms with Crippen molar-refractivity contribution in [1.29, 1.82) is 0 Å². The number of amides is 1. The number of methoxy groups -OCH3 is 1. The maximum atomic E-state index is 13.1. The Labute approximate surface area is 208 Å². The largest absolute Gasteiger partial charge is 0.497 e. The highest BCUT2D eigenvalue weighted by Gasteiger charge is 2.35. The van der Waals surface area contributed by atoms with Gasteiger partial charge in [0.15, 0.2) is 0 Å². The normalized spacial score (nSPS) is 15.9. The van der Waals surface area contributed by atoms with E-state index in [9.17, 15) is 18.3 Å². The van der Waals surface area contributed by atoms with E-state index in [2.05, 4.69) is 0 Å². The van der Waals surface area contributed by atoms with Crippen LogP contribution < -0.4 is 4.74 Å². The molecule has 8 nitrogen and oxygen atoms in total. The van der Waals surface area contributed by atoms with Crippen LogP contribution in [0.2, 0.25) is 0 Å². The number of carbonyl (C=O) groups excluding carboxylic acids is 1. The van der Waals surface area contributed by atoms with Crippen molar-refractivity contribution in [3.8, 4) is 5.75 Å². The topological polar surface area (TPSA) is 96.4 Å². The molecule has 3 rings (SSSR count). The van der Waals surface area contributed by atoms with E-state index in [1.165, 1.54) is 11.4 Å². The molecule has 0 aromatic heterocycles. The Morgan fingerprint density at radius 1 is 1.09 bits per heavy atom. The van der Waals surface area contributed by atoms with Gasteiger partial charge in [-0.25, -0.2) is 8.42 Å². The minimum absolute atomic E-state index is 0.0226. The molecule has 1 aliphatic rings. The molecule has 35 heavy (non-hydrogen) atoms. The van der Waals surface area contributed by atoms with Crippen LogP contribution in [0.1, 0.15) is 36.0 Å². The second kappa shape index (κ2) is 11.5. The first-order valence-electron chi connectivity index (χ1n) is 11.8. The van der Waals surface area contributed by atoms with Crippen LogP contribution in [0.4, 0.5) is 0 Å². The van der Waals surface area contributed by atoms with Crippen LogP contribution in [0, 0.1) is 13.8 Å². The fourth-order valence-electron chi connectivity index (χ4n) is 4.49. The monoisotopic (exact) mass is 504 g/mol. The molecule has 1 fully saturated rings. The predicted molar refractivity (Wildman–Crippen MR) is 134 cm³/mol. The van der Waals surface area contributed by atoms with E-state index >= 15 is 0 Å². The van der Waals surface area contributed by atoms with Crippen LogP contribution in [-0.2, 0) is 25.2 Å². The lowest BCUT2D eigenvalue weighted by Gasteiger charge is -2.38. The molecule has 0 spiro atoms. The Hall–Kier alpha value is -2.46. The minimum atomic E-state index is -3.68. The summed E-state index contributed by atoms with van der Waals surface area (Å²) in [6.45, 7) is 5.06. The van der Waals surface area contributed by atoms with Gasteiger partial charge in [0, 0.05) is 26.7 Å². The van der Waals surface area contributed by atoms with E-state index in [-0.39, 0.29) is 37.0 Å². The average molecular weight is 505 g/mol. The van der Waals surface area contributed by atoms with Crippen molar-refractivity contribution < 1.29 is 27.8 Å². The second-order valence-corrected chi connectivity index (χ2v) is 11.0. The molecule has 9 heteroatoms. The average Bonchev–Trinajstić information content (AvgIpc) is 2.83. The fraction of sp³-hybridized carbons (Fsp3) is 0.500. The molecule has 0 aliphatic carbocycles. The molecule has 0 saturated carbocycles. The van der Waals surface area contributed by atoms with E-state index in [0.717, 1.165) is 5.56 Å². The van der Waals surface area contributed by atoms with Gasteiger partial charge in [0.2, 0.25) is 15.9 Å². The Bertz CT molecular complexity index is 1090. The number of aliphatic hydroxyl groups is 1. The number of rotatable bonds is 10. The predicted octanol–water partition coefficient (Wildman–Crippen LogP) is 2.85. The Kier molecular flexibility index (Phi) is 8.93. The summed E-state index contributed by atoms with van der Waals surface area (Å²) in [6, 6.07) is 13.0. The zero-order valence-electron chi connectivity index (χ0n) is 21.0. The first-order valence-corrected chi connectivity index (χ1v) is 13.3. The van der Waals surface area contributed by atoms with Gasteiger partial charge in [-0.05, 0) is 55.5 Å².